The third-order valence-electron chi connectivity index (χ3n) is 6.10. The van der Waals surface area contributed by atoms with Gasteiger partial charge in [-0.25, -0.2) is 4.39 Å². The molecule has 0 saturated carbocycles. The maximum atomic E-state index is 13.5. The van der Waals surface area contributed by atoms with Crippen LogP contribution in [0.2, 0.25) is 0 Å². The smallest absolute Gasteiger partial charge is 0.257 e. The van der Waals surface area contributed by atoms with Crippen molar-refractivity contribution in [2.24, 2.45) is 5.92 Å². The number of nitrogens with zero attached hydrogens (tertiary/aromatic N) is 2. The van der Waals surface area contributed by atoms with Crippen LogP contribution >= 0.6 is 0 Å². The van der Waals surface area contributed by atoms with Crippen LogP contribution in [0.5, 0.6) is 5.75 Å². The summed E-state index contributed by atoms with van der Waals surface area (Å²) in [5.41, 5.74) is 0.950. The van der Waals surface area contributed by atoms with E-state index in [4.69, 9.17) is 9.47 Å². The number of amides is 2. The van der Waals surface area contributed by atoms with Crippen LogP contribution in [0.4, 0.5) is 10.1 Å². The topological polar surface area (TPSA) is 71.1 Å². The summed E-state index contributed by atoms with van der Waals surface area (Å²) in [5, 5.41) is 2.74. The molecule has 33 heavy (non-hydrogen) atoms. The van der Waals surface area contributed by atoms with Crippen molar-refractivity contribution in [2.45, 2.75) is 26.0 Å². The zero-order valence-electron chi connectivity index (χ0n) is 19.8. The van der Waals surface area contributed by atoms with Gasteiger partial charge in [-0.05, 0) is 56.3 Å². The second-order valence-electron chi connectivity index (χ2n) is 8.71. The Morgan fingerprint density at radius 2 is 1.91 bits per heavy atom. The van der Waals surface area contributed by atoms with Gasteiger partial charge in [-0.15, -0.1) is 0 Å². The van der Waals surface area contributed by atoms with E-state index >= 15 is 0 Å². The number of benzene rings is 2. The third-order valence-corrected chi connectivity index (χ3v) is 6.10. The van der Waals surface area contributed by atoms with E-state index in [1.165, 1.54) is 18.2 Å². The molecule has 0 spiro atoms. The lowest BCUT2D eigenvalue weighted by atomic mass is 10.0. The minimum atomic E-state index is -0.494. The van der Waals surface area contributed by atoms with Crippen molar-refractivity contribution in [2.75, 3.05) is 46.2 Å². The van der Waals surface area contributed by atoms with E-state index in [1.54, 1.807) is 37.3 Å². The lowest BCUT2D eigenvalue weighted by Gasteiger charge is -2.34. The second-order valence-corrected chi connectivity index (χ2v) is 8.71. The molecule has 0 unspecified atom stereocenters. The number of rotatable bonds is 3. The molecule has 3 rings (SSSR count). The Labute approximate surface area is 194 Å². The summed E-state index contributed by atoms with van der Waals surface area (Å²) in [5.74, 6) is -0.547. The highest BCUT2D eigenvalue weighted by atomic mass is 19.1. The van der Waals surface area contributed by atoms with Gasteiger partial charge in [0.15, 0.2) is 0 Å². The van der Waals surface area contributed by atoms with E-state index < -0.39 is 11.7 Å². The van der Waals surface area contributed by atoms with Crippen LogP contribution < -0.4 is 10.1 Å². The molecule has 1 N–H and O–H groups in total. The number of likely N-dealkylation sites (N-methyl/N-ethyl adjacent to an activating group) is 2. The summed E-state index contributed by atoms with van der Waals surface area (Å²) in [6.07, 6.45) is -0.131. The standard InChI is InChI=1S/C25H32FN3O4/c1-16-13-28(3)17(2)15-33-22-10-9-20(27-24(30)18-7-6-8-19(26)11-18)12-21(22)25(31)29(4)14-23(16)32-5/h6-12,16-17,23H,13-15H2,1-5H3,(H,27,30)/t16-,17+,23-/m0/s1. The third kappa shape index (κ3) is 6.09. The Morgan fingerprint density at radius 1 is 1.15 bits per heavy atom. The Balaban J connectivity index is 1.91. The van der Waals surface area contributed by atoms with Crippen molar-refractivity contribution in [1.82, 2.24) is 9.80 Å². The van der Waals surface area contributed by atoms with Crippen LogP contribution in [0.1, 0.15) is 34.6 Å². The van der Waals surface area contributed by atoms with Crippen molar-refractivity contribution in [3.8, 4) is 5.75 Å². The molecule has 0 aromatic heterocycles. The van der Waals surface area contributed by atoms with Crippen molar-refractivity contribution < 1.29 is 23.5 Å². The molecule has 2 aromatic rings. The number of nitrogens with one attached hydrogen (secondary N) is 1. The number of carbonyl (C=O) groups excluding carboxylic acids is 2. The molecule has 0 aliphatic carbocycles. The largest absolute Gasteiger partial charge is 0.491 e. The monoisotopic (exact) mass is 457 g/mol. The minimum absolute atomic E-state index is 0.123. The molecule has 0 radical (unpaired) electrons. The number of hydrogen-bond donors (Lipinski definition) is 1. The van der Waals surface area contributed by atoms with Gasteiger partial charge in [0, 0.05) is 44.5 Å². The predicted molar refractivity (Wildman–Crippen MR) is 125 cm³/mol. The van der Waals surface area contributed by atoms with Gasteiger partial charge in [-0.3, -0.25) is 14.5 Å². The van der Waals surface area contributed by atoms with Crippen molar-refractivity contribution in [3.63, 3.8) is 0 Å². The predicted octanol–water partition coefficient (Wildman–Crippen LogP) is 3.51. The second kappa shape index (κ2) is 10.8. The van der Waals surface area contributed by atoms with E-state index in [0.717, 1.165) is 12.6 Å². The molecule has 2 amide bonds. The van der Waals surface area contributed by atoms with Crippen LogP contribution in [0.25, 0.3) is 0 Å². The first-order chi connectivity index (χ1) is 15.7. The van der Waals surface area contributed by atoms with Gasteiger partial charge in [-0.1, -0.05) is 13.0 Å². The lowest BCUT2D eigenvalue weighted by Crippen LogP contribution is -2.45. The van der Waals surface area contributed by atoms with E-state index in [-0.39, 0.29) is 29.5 Å². The number of carbonyl (C=O) groups is 2. The zero-order chi connectivity index (χ0) is 24.1. The van der Waals surface area contributed by atoms with Crippen molar-refractivity contribution >= 4 is 17.5 Å². The van der Waals surface area contributed by atoms with Crippen LogP contribution in [0.3, 0.4) is 0 Å². The first kappa shape index (κ1) is 24.7. The number of methoxy groups -OCH3 is 1. The molecule has 1 aliphatic heterocycles. The number of ether oxygens (including phenoxy) is 2. The molecule has 8 heteroatoms. The summed E-state index contributed by atoms with van der Waals surface area (Å²) >= 11 is 0. The summed E-state index contributed by atoms with van der Waals surface area (Å²) < 4.78 is 25.2. The Kier molecular flexibility index (Phi) is 8.05. The minimum Gasteiger partial charge on any atom is -0.491 e. The number of halogens is 1. The first-order valence-electron chi connectivity index (χ1n) is 11.0. The fourth-order valence-electron chi connectivity index (χ4n) is 3.87. The molecule has 0 bridgehead atoms. The summed E-state index contributed by atoms with van der Waals surface area (Å²) in [4.78, 5) is 29.7. The van der Waals surface area contributed by atoms with Gasteiger partial charge in [0.25, 0.3) is 11.8 Å². The van der Waals surface area contributed by atoms with Gasteiger partial charge in [-0.2, -0.15) is 0 Å². The first-order valence-corrected chi connectivity index (χ1v) is 11.0. The molecule has 0 fully saturated rings. The fraction of sp³-hybridized carbons (Fsp3) is 0.440. The number of fused-ring (bicyclic) bond motifs is 1. The quantitative estimate of drug-likeness (QED) is 0.764. The molecule has 1 heterocycles. The van der Waals surface area contributed by atoms with Crippen LogP contribution in [-0.2, 0) is 4.74 Å². The van der Waals surface area contributed by atoms with E-state index in [2.05, 4.69) is 24.1 Å². The Hall–Kier alpha value is -2.97. The average Bonchev–Trinajstić information content (AvgIpc) is 2.79. The molecule has 0 saturated heterocycles. The van der Waals surface area contributed by atoms with Crippen molar-refractivity contribution in [3.05, 3.63) is 59.4 Å². The van der Waals surface area contributed by atoms with Gasteiger partial charge in [0.05, 0.1) is 11.7 Å². The lowest BCUT2D eigenvalue weighted by molar-refractivity contribution is 0.0150. The molecular weight excluding hydrogens is 425 g/mol. The van der Waals surface area contributed by atoms with E-state index in [9.17, 15) is 14.0 Å². The maximum Gasteiger partial charge on any atom is 0.257 e. The van der Waals surface area contributed by atoms with Gasteiger partial charge >= 0.3 is 0 Å². The van der Waals surface area contributed by atoms with E-state index in [0.29, 0.717) is 30.2 Å². The van der Waals surface area contributed by atoms with Crippen LogP contribution in [0.15, 0.2) is 42.5 Å². The fourth-order valence-corrected chi connectivity index (χ4v) is 3.87. The molecule has 1 aliphatic rings. The summed E-state index contributed by atoms with van der Waals surface area (Å²) in [6.45, 7) is 5.80. The Morgan fingerprint density at radius 3 is 2.61 bits per heavy atom. The maximum absolute atomic E-state index is 13.5. The highest BCUT2D eigenvalue weighted by Crippen LogP contribution is 2.26. The molecule has 178 valence electrons. The molecule has 3 atom stereocenters. The van der Waals surface area contributed by atoms with Gasteiger partial charge in [0.1, 0.15) is 18.2 Å². The molecule has 7 nitrogen and oxygen atoms in total. The van der Waals surface area contributed by atoms with E-state index in [1.807, 2.05) is 7.05 Å². The molecule has 2 aromatic carbocycles. The zero-order valence-corrected chi connectivity index (χ0v) is 19.8. The molecular formula is C25H32FN3O4. The number of hydrogen-bond acceptors (Lipinski definition) is 5. The Bertz CT molecular complexity index is 999. The van der Waals surface area contributed by atoms with Crippen molar-refractivity contribution in [1.29, 1.82) is 0 Å². The summed E-state index contributed by atoms with van der Waals surface area (Å²) in [7, 11) is 5.43. The summed E-state index contributed by atoms with van der Waals surface area (Å²) in [6, 6.07) is 10.5. The van der Waals surface area contributed by atoms with Crippen LogP contribution in [0, 0.1) is 11.7 Å². The highest BCUT2D eigenvalue weighted by Gasteiger charge is 2.27. The van der Waals surface area contributed by atoms with Gasteiger partial charge in [0.2, 0.25) is 0 Å². The SMILES string of the molecule is CO[C@H]1CN(C)C(=O)c2cc(NC(=O)c3cccc(F)c3)ccc2OC[C@@H](C)N(C)C[C@@H]1C. The van der Waals surface area contributed by atoms with Crippen LogP contribution in [-0.4, -0.2) is 74.7 Å². The highest BCUT2D eigenvalue weighted by molar-refractivity contribution is 6.05. The normalized spacial score (nSPS) is 22.5. The number of anilines is 1. The van der Waals surface area contributed by atoms with Gasteiger partial charge < -0.3 is 19.7 Å². The average molecular weight is 458 g/mol.